The van der Waals surface area contributed by atoms with Gasteiger partial charge < -0.3 is 19.7 Å². The van der Waals surface area contributed by atoms with Crippen LogP contribution in [-0.4, -0.2) is 38.8 Å². The second-order valence-electron chi connectivity index (χ2n) is 4.75. The first-order valence-electron chi connectivity index (χ1n) is 6.12. The summed E-state index contributed by atoms with van der Waals surface area (Å²) in [5, 5.41) is 2.74. The molecule has 3 rings (SSSR count). The highest BCUT2D eigenvalue weighted by Crippen LogP contribution is 2.40. The fourth-order valence-corrected chi connectivity index (χ4v) is 2.74. The smallest absolute Gasteiger partial charge is 0.247 e. The van der Waals surface area contributed by atoms with Gasteiger partial charge in [-0.05, 0) is 0 Å². The third kappa shape index (κ3) is 1.83. The molecular weight excluding hydrogens is 251 g/mol. The number of carbonyl (C=O) groups is 1. The summed E-state index contributed by atoms with van der Waals surface area (Å²) in [4.78, 5) is 14.0. The first-order chi connectivity index (χ1) is 9.13. The molecule has 2 aliphatic rings. The van der Waals surface area contributed by atoms with Crippen LogP contribution in [0.25, 0.3) is 0 Å². The molecule has 5 nitrogen and oxygen atoms in total. The molecule has 1 saturated heterocycles. The van der Waals surface area contributed by atoms with Crippen molar-refractivity contribution < 1.29 is 18.7 Å². The molecule has 1 aromatic carbocycles. The minimum Gasteiger partial charge on any atom is -0.494 e. The van der Waals surface area contributed by atoms with E-state index in [1.54, 1.807) is 13.2 Å². The third-order valence-electron chi connectivity index (χ3n) is 3.74. The molecule has 0 saturated carbocycles. The van der Waals surface area contributed by atoms with Gasteiger partial charge in [-0.2, -0.15) is 0 Å². The molecule has 0 aromatic heterocycles. The van der Waals surface area contributed by atoms with Crippen LogP contribution in [0.1, 0.15) is 6.42 Å². The number of nitrogens with zero attached hydrogens (tertiary/aromatic N) is 1. The quantitative estimate of drug-likeness (QED) is 0.878. The number of hydrogen-bond acceptors (Lipinski definition) is 4. The third-order valence-corrected chi connectivity index (χ3v) is 3.74. The number of nitrogens with one attached hydrogen (secondary N) is 1. The normalized spacial score (nSPS) is 24.8. The second kappa shape index (κ2) is 4.38. The molecule has 2 unspecified atom stereocenters. The lowest BCUT2D eigenvalue weighted by atomic mass is 10.1. The molecule has 6 heteroatoms. The maximum Gasteiger partial charge on any atom is 0.247 e. The summed E-state index contributed by atoms with van der Waals surface area (Å²) < 4.78 is 24.0. The van der Waals surface area contributed by atoms with E-state index < -0.39 is 5.82 Å². The summed E-state index contributed by atoms with van der Waals surface area (Å²) in [6, 6.07) is 2.66. The van der Waals surface area contributed by atoms with Crippen LogP contribution in [0.15, 0.2) is 12.1 Å². The molecule has 0 radical (unpaired) electrons. The Bertz CT molecular complexity index is 535. The van der Waals surface area contributed by atoms with Gasteiger partial charge in [-0.1, -0.05) is 0 Å². The van der Waals surface area contributed by atoms with Crippen LogP contribution in [0.5, 0.6) is 5.75 Å². The lowest BCUT2D eigenvalue weighted by Gasteiger charge is -2.33. The Kier molecular flexibility index (Phi) is 2.82. The fraction of sp³-hybridized carbons (Fsp3) is 0.462. The first-order valence-corrected chi connectivity index (χ1v) is 6.12. The van der Waals surface area contributed by atoms with E-state index in [1.165, 1.54) is 13.2 Å². The Balaban J connectivity index is 2.05. The van der Waals surface area contributed by atoms with Crippen molar-refractivity contribution >= 4 is 17.3 Å². The average Bonchev–Trinajstić information content (AvgIpc) is 2.83. The van der Waals surface area contributed by atoms with Crippen molar-refractivity contribution in [3.05, 3.63) is 17.9 Å². The van der Waals surface area contributed by atoms with E-state index in [2.05, 4.69) is 5.32 Å². The summed E-state index contributed by atoms with van der Waals surface area (Å²) >= 11 is 0. The maximum atomic E-state index is 13.7. The number of rotatable bonds is 2. The number of hydrogen-bond donors (Lipinski definition) is 1. The van der Waals surface area contributed by atoms with Crippen LogP contribution >= 0.6 is 0 Å². The molecule has 1 amide bonds. The standard InChI is InChI=1S/C13H15FN2O3/c1-18-7-3-11-13(17)15-9-4-8(14)12(19-2)5-10(9)16(11)6-7/h4-5,7,11H,3,6H2,1-2H3,(H,15,17). The molecule has 2 aliphatic heterocycles. The zero-order chi connectivity index (χ0) is 13.6. The minimum atomic E-state index is -0.484. The second-order valence-corrected chi connectivity index (χ2v) is 4.75. The zero-order valence-corrected chi connectivity index (χ0v) is 10.8. The van der Waals surface area contributed by atoms with Crippen LogP contribution in [-0.2, 0) is 9.53 Å². The van der Waals surface area contributed by atoms with E-state index >= 15 is 0 Å². The average molecular weight is 266 g/mol. The van der Waals surface area contributed by atoms with Crippen LogP contribution in [0.2, 0.25) is 0 Å². The zero-order valence-electron chi connectivity index (χ0n) is 10.8. The molecular formula is C13H15FN2O3. The van der Waals surface area contributed by atoms with Gasteiger partial charge >= 0.3 is 0 Å². The molecule has 1 aromatic rings. The number of fused-ring (bicyclic) bond motifs is 3. The van der Waals surface area contributed by atoms with E-state index in [0.29, 0.717) is 18.7 Å². The van der Waals surface area contributed by atoms with Crippen molar-refractivity contribution in [2.24, 2.45) is 0 Å². The van der Waals surface area contributed by atoms with Crippen LogP contribution in [0, 0.1) is 5.82 Å². The van der Waals surface area contributed by atoms with Crippen molar-refractivity contribution in [3.8, 4) is 5.75 Å². The Morgan fingerprint density at radius 2 is 2.21 bits per heavy atom. The van der Waals surface area contributed by atoms with Crippen molar-refractivity contribution in [1.29, 1.82) is 0 Å². The molecule has 0 aliphatic carbocycles. The van der Waals surface area contributed by atoms with E-state index in [4.69, 9.17) is 9.47 Å². The van der Waals surface area contributed by atoms with Gasteiger partial charge in [0.05, 0.1) is 24.6 Å². The topological polar surface area (TPSA) is 50.8 Å². The summed E-state index contributed by atoms with van der Waals surface area (Å²) in [5.41, 5.74) is 1.26. The number of benzene rings is 1. The van der Waals surface area contributed by atoms with Gasteiger partial charge in [0.25, 0.3) is 0 Å². The molecule has 2 atom stereocenters. The highest BCUT2D eigenvalue weighted by atomic mass is 19.1. The van der Waals surface area contributed by atoms with E-state index in [9.17, 15) is 9.18 Å². The number of halogens is 1. The van der Waals surface area contributed by atoms with Crippen LogP contribution in [0.3, 0.4) is 0 Å². The highest BCUT2D eigenvalue weighted by Gasteiger charge is 2.41. The highest BCUT2D eigenvalue weighted by molar-refractivity contribution is 6.04. The maximum absolute atomic E-state index is 13.7. The van der Waals surface area contributed by atoms with E-state index in [-0.39, 0.29) is 23.8 Å². The van der Waals surface area contributed by atoms with Gasteiger partial charge in [0.15, 0.2) is 11.6 Å². The van der Waals surface area contributed by atoms with Gasteiger partial charge in [0.1, 0.15) is 6.04 Å². The molecule has 2 heterocycles. The predicted octanol–water partition coefficient (Wildman–Crippen LogP) is 1.38. The van der Waals surface area contributed by atoms with Gasteiger partial charge in [-0.15, -0.1) is 0 Å². The minimum absolute atomic E-state index is 0.0118. The molecule has 1 fully saturated rings. The molecule has 1 N–H and O–H groups in total. The largest absolute Gasteiger partial charge is 0.494 e. The lowest BCUT2D eigenvalue weighted by Crippen LogP contribution is -2.44. The molecule has 102 valence electrons. The summed E-state index contributed by atoms with van der Waals surface area (Å²) in [6.45, 7) is 0.621. The molecule has 19 heavy (non-hydrogen) atoms. The summed E-state index contributed by atoms with van der Waals surface area (Å²) in [5.74, 6) is -0.423. The Hall–Kier alpha value is -1.82. The lowest BCUT2D eigenvalue weighted by molar-refractivity contribution is -0.117. The van der Waals surface area contributed by atoms with Gasteiger partial charge in [0.2, 0.25) is 5.91 Å². The number of methoxy groups -OCH3 is 2. The van der Waals surface area contributed by atoms with Crippen LogP contribution in [0.4, 0.5) is 15.8 Å². The number of ether oxygens (including phenoxy) is 2. The SMILES string of the molecule is COc1cc2c(cc1F)NC(=O)C1CC(OC)CN21. The van der Waals surface area contributed by atoms with Crippen LogP contribution < -0.4 is 15.0 Å². The fourth-order valence-electron chi connectivity index (χ4n) is 2.74. The van der Waals surface area contributed by atoms with Crippen molar-refractivity contribution in [2.45, 2.75) is 18.6 Å². The Labute approximate surface area is 110 Å². The van der Waals surface area contributed by atoms with E-state index in [1.807, 2.05) is 4.90 Å². The number of amides is 1. The van der Waals surface area contributed by atoms with Crippen molar-refractivity contribution in [1.82, 2.24) is 0 Å². The van der Waals surface area contributed by atoms with E-state index in [0.717, 1.165) is 5.69 Å². The Morgan fingerprint density at radius 3 is 2.89 bits per heavy atom. The Morgan fingerprint density at radius 1 is 1.42 bits per heavy atom. The first kappa shape index (κ1) is 12.2. The van der Waals surface area contributed by atoms with Crippen molar-refractivity contribution in [3.63, 3.8) is 0 Å². The number of carbonyl (C=O) groups excluding carboxylic acids is 1. The van der Waals surface area contributed by atoms with Gasteiger partial charge in [-0.25, -0.2) is 4.39 Å². The van der Waals surface area contributed by atoms with Crippen molar-refractivity contribution in [2.75, 3.05) is 31.0 Å². The van der Waals surface area contributed by atoms with Gasteiger partial charge in [-0.3, -0.25) is 4.79 Å². The number of anilines is 2. The predicted molar refractivity (Wildman–Crippen MR) is 68.1 cm³/mol. The summed E-state index contributed by atoms with van der Waals surface area (Å²) in [6.07, 6.45) is 0.652. The molecule has 0 bridgehead atoms. The monoisotopic (exact) mass is 266 g/mol. The van der Waals surface area contributed by atoms with Gasteiger partial charge in [0, 0.05) is 32.2 Å². The summed E-state index contributed by atoms with van der Waals surface area (Å²) in [7, 11) is 3.05. The molecule has 0 spiro atoms.